The lowest BCUT2D eigenvalue weighted by Gasteiger charge is -2.33. The van der Waals surface area contributed by atoms with Gasteiger partial charge < -0.3 is 28.7 Å². The van der Waals surface area contributed by atoms with Crippen LogP contribution in [0.3, 0.4) is 0 Å². The lowest BCUT2D eigenvalue weighted by molar-refractivity contribution is -0.160. The molecular weight excluding hydrogens is 813 g/mol. The Morgan fingerprint density at radius 2 is 0.891 bits per heavy atom. The number of hydrogen-bond donors (Lipinski definition) is 0. The van der Waals surface area contributed by atoms with Gasteiger partial charge in [0, 0.05) is 46.5 Å². The highest BCUT2D eigenvalue weighted by atomic mass is 16.5. The summed E-state index contributed by atoms with van der Waals surface area (Å²) in [4.78, 5) is 76.4. The van der Waals surface area contributed by atoms with Gasteiger partial charge in [-0.05, 0) is 124 Å². The van der Waals surface area contributed by atoms with Crippen molar-refractivity contribution in [3.63, 3.8) is 0 Å². The predicted molar refractivity (Wildman–Crippen MR) is 249 cm³/mol. The maximum Gasteiger partial charge on any atom is 0.338 e. The third-order valence-electron chi connectivity index (χ3n) is 9.62. The molecule has 64 heavy (non-hydrogen) atoms. The average Bonchev–Trinajstić information content (AvgIpc) is 3.26. The number of carbonyl (C=O) groups excluding carboxylic acids is 6. The molecule has 342 valence electrons. The quantitative estimate of drug-likeness (QED) is 0.0384. The minimum atomic E-state index is -0.913. The van der Waals surface area contributed by atoms with Crippen molar-refractivity contribution in [1.82, 2.24) is 9.80 Å². The fraction of sp³-hybridized carbons (Fsp3) is 0.346. The van der Waals surface area contributed by atoms with Crippen LogP contribution in [0.4, 0.5) is 0 Å². The molecule has 0 spiro atoms. The lowest BCUT2D eigenvalue weighted by Crippen LogP contribution is -2.40. The summed E-state index contributed by atoms with van der Waals surface area (Å²) in [5, 5.41) is 0. The maximum atomic E-state index is 12.9. The van der Waals surface area contributed by atoms with E-state index in [1.165, 1.54) is 0 Å². The predicted octanol–water partition coefficient (Wildman–Crippen LogP) is 8.83. The molecule has 0 bridgehead atoms. The van der Waals surface area contributed by atoms with E-state index in [9.17, 15) is 28.8 Å². The molecule has 0 aromatic heterocycles. The standard InChI is InChI=1S/C27H35NO5.C17H14O3.C8H15NO2/c1-7-27(4,25(31)32-18-17-28(5)6)19-26(2,3)24(30)33-22-15-13-21(14-16-22)23(29)20-11-9-8-10-12-20;1-12(2)17(19)20-15-10-8-14(9-11-15)16(18)13-6-4-3-5-7-13;1-7(2)8(10)11-6-5-9(3)4/h8-16H,7,17-19H2,1-6H3;3-11H,1H2,2H3;1,5-6H2,2-4H3. The molecule has 0 saturated carbocycles. The van der Waals surface area contributed by atoms with Crippen molar-refractivity contribution in [3.8, 4) is 11.5 Å². The van der Waals surface area contributed by atoms with Crippen molar-refractivity contribution in [1.29, 1.82) is 0 Å². The van der Waals surface area contributed by atoms with Gasteiger partial charge in [-0.25, -0.2) is 9.59 Å². The number of rotatable bonds is 19. The van der Waals surface area contributed by atoms with E-state index in [0.29, 0.717) is 77.5 Å². The Balaban J connectivity index is 0.000000382. The third-order valence-corrected chi connectivity index (χ3v) is 9.62. The minimum Gasteiger partial charge on any atom is -0.464 e. The molecule has 0 aliphatic rings. The third kappa shape index (κ3) is 18.5. The summed E-state index contributed by atoms with van der Waals surface area (Å²) in [5.74, 6) is -0.961. The number of likely N-dealkylation sites (N-methyl/N-ethyl adjacent to an activating group) is 2. The minimum absolute atomic E-state index is 0.0663. The van der Waals surface area contributed by atoms with E-state index in [4.69, 9.17) is 18.9 Å². The Bertz CT molecular complexity index is 2180. The van der Waals surface area contributed by atoms with Crippen molar-refractivity contribution < 1.29 is 47.7 Å². The van der Waals surface area contributed by atoms with Crippen LogP contribution in [-0.4, -0.2) is 99.7 Å². The molecule has 4 rings (SSSR count). The Kier molecular flexibility index (Phi) is 22.0. The summed E-state index contributed by atoms with van der Waals surface area (Å²) in [5.41, 5.74) is 1.34. The molecular formula is C52H64N2O10. The van der Waals surface area contributed by atoms with Crippen molar-refractivity contribution in [3.05, 3.63) is 156 Å². The van der Waals surface area contributed by atoms with Gasteiger partial charge in [0.15, 0.2) is 11.6 Å². The van der Waals surface area contributed by atoms with Crippen LogP contribution in [0.25, 0.3) is 0 Å². The molecule has 0 fully saturated rings. The van der Waals surface area contributed by atoms with Crippen LogP contribution in [-0.2, 0) is 28.7 Å². The first-order valence-electron chi connectivity index (χ1n) is 20.9. The number of hydrogen-bond acceptors (Lipinski definition) is 12. The van der Waals surface area contributed by atoms with Crippen LogP contribution < -0.4 is 9.47 Å². The zero-order valence-corrected chi connectivity index (χ0v) is 39.0. The van der Waals surface area contributed by atoms with Crippen molar-refractivity contribution in [2.75, 3.05) is 54.5 Å². The van der Waals surface area contributed by atoms with Crippen molar-refractivity contribution in [2.45, 2.75) is 54.4 Å². The second kappa shape index (κ2) is 26.2. The Morgan fingerprint density at radius 1 is 0.516 bits per heavy atom. The van der Waals surface area contributed by atoms with Gasteiger partial charge in [0.25, 0.3) is 0 Å². The molecule has 0 amide bonds. The van der Waals surface area contributed by atoms with E-state index in [2.05, 4.69) is 13.2 Å². The van der Waals surface area contributed by atoms with E-state index < -0.39 is 22.8 Å². The monoisotopic (exact) mass is 876 g/mol. The highest BCUT2D eigenvalue weighted by Gasteiger charge is 2.43. The molecule has 0 saturated heterocycles. The zero-order valence-electron chi connectivity index (χ0n) is 39.0. The summed E-state index contributed by atoms with van der Waals surface area (Å²) in [6, 6.07) is 31.0. The van der Waals surface area contributed by atoms with Gasteiger partial charge in [-0.3, -0.25) is 19.2 Å². The van der Waals surface area contributed by atoms with Crippen molar-refractivity contribution in [2.24, 2.45) is 10.8 Å². The number of nitrogens with zero attached hydrogens (tertiary/aromatic N) is 2. The maximum absolute atomic E-state index is 12.9. The van der Waals surface area contributed by atoms with Gasteiger partial charge in [0.1, 0.15) is 24.7 Å². The second-order valence-corrected chi connectivity index (χ2v) is 16.6. The molecule has 12 nitrogen and oxygen atoms in total. The van der Waals surface area contributed by atoms with E-state index in [-0.39, 0.29) is 23.5 Å². The molecule has 1 atom stereocenters. The van der Waals surface area contributed by atoms with E-state index in [0.717, 1.165) is 6.54 Å². The molecule has 1 unspecified atom stereocenters. The second-order valence-electron chi connectivity index (χ2n) is 16.6. The summed E-state index contributed by atoms with van der Waals surface area (Å²) < 4.78 is 21.0. The summed E-state index contributed by atoms with van der Waals surface area (Å²) in [7, 11) is 7.68. The van der Waals surface area contributed by atoms with Gasteiger partial charge in [-0.2, -0.15) is 0 Å². The molecule has 0 aliphatic carbocycles. The van der Waals surface area contributed by atoms with Gasteiger partial charge in [-0.15, -0.1) is 0 Å². The number of carbonyl (C=O) groups is 6. The van der Waals surface area contributed by atoms with E-state index in [1.807, 2.05) is 88.2 Å². The normalized spacial score (nSPS) is 11.6. The van der Waals surface area contributed by atoms with Crippen LogP contribution in [0.5, 0.6) is 11.5 Å². The molecule has 0 radical (unpaired) electrons. The first-order chi connectivity index (χ1) is 30.1. The van der Waals surface area contributed by atoms with E-state index >= 15 is 0 Å². The van der Waals surface area contributed by atoms with Crippen LogP contribution >= 0.6 is 0 Å². The number of ether oxygens (including phenoxy) is 4. The van der Waals surface area contributed by atoms with Gasteiger partial charge >= 0.3 is 23.9 Å². The summed E-state index contributed by atoms with van der Waals surface area (Å²) in [6.45, 7) is 19.6. The zero-order chi connectivity index (χ0) is 48.0. The number of benzene rings is 4. The fourth-order valence-electron chi connectivity index (χ4n) is 5.63. The summed E-state index contributed by atoms with van der Waals surface area (Å²) in [6.07, 6.45) is 0.835. The van der Waals surface area contributed by atoms with Crippen molar-refractivity contribution >= 4 is 35.4 Å². The lowest BCUT2D eigenvalue weighted by atomic mass is 9.72. The smallest absolute Gasteiger partial charge is 0.338 e. The van der Waals surface area contributed by atoms with Crippen LogP contribution in [0.1, 0.15) is 86.2 Å². The summed E-state index contributed by atoms with van der Waals surface area (Å²) >= 11 is 0. The van der Waals surface area contributed by atoms with Gasteiger partial charge in [-0.1, -0.05) is 80.7 Å². The van der Waals surface area contributed by atoms with Crippen LogP contribution in [0.2, 0.25) is 0 Å². The fourth-order valence-corrected chi connectivity index (χ4v) is 5.63. The molecule has 0 heterocycles. The molecule has 12 heteroatoms. The van der Waals surface area contributed by atoms with Crippen LogP contribution in [0, 0.1) is 10.8 Å². The van der Waals surface area contributed by atoms with Gasteiger partial charge in [0.2, 0.25) is 0 Å². The molecule has 0 N–H and O–H groups in total. The topological polar surface area (TPSA) is 146 Å². The highest BCUT2D eigenvalue weighted by molar-refractivity contribution is 6.09. The largest absolute Gasteiger partial charge is 0.464 e. The molecule has 4 aromatic rings. The first-order valence-corrected chi connectivity index (χ1v) is 20.9. The Hall–Kier alpha value is -6.50. The number of esters is 4. The molecule has 4 aromatic carbocycles. The SMILES string of the molecule is C=C(C)C(=O)OCCN(C)C.C=C(C)C(=O)Oc1ccc(C(=O)c2ccccc2)cc1.CCC(C)(CC(C)(C)C(=O)Oc1ccc(C(=O)c2ccccc2)cc1)C(=O)OCCN(C)C. The average molecular weight is 877 g/mol. The number of ketones is 2. The van der Waals surface area contributed by atoms with Crippen LogP contribution in [0.15, 0.2) is 133 Å². The first kappa shape index (κ1) is 53.6. The molecule has 0 aliphatic heterocycles. The van der Waals surface area contributed by atoms with E-state index in [1.54, 1.807) is 100 Å². The van der Waals surface area contributed by atoms with Gasteiger partial charge in [0.05, 0.1) is 10.8 Å². The highest BCUT2D eigenvalue weighted by Crippen LogP contribution is 2.39. The Labute approximate surface area is 378 Å². The Morgan fingerprint density at radius 3 is 1.27 bits per heavy atom.